The molecule has 1 aromatic carbocycles. The second kappa shape index (κ2) is 8.24. The number of hydrogen-bond donors (Lipinski definition) is 2. The molecule has 0 bridgehead atoms. The van der Waals surface area contributed by atoms with Crippen LogP contribution in [0.4, 0.5) is 0 Å². The van der Waals surface area contributed by atoms with Crippen LogP contribution < -0.4 is 14.2 Å². The van der Waals surface area contributed by atoms with Crippen molar-refractivity contribution in [2.24, 2.45) is 0 Å². The van der Waals surface area contributed by atoms with Gasteiger partial charge in [-0.25, -0.2) is 4.79 Å². The first-order valence-electron chi connectivity index (χ1n) is 7.81. The van der Waals surface area contributed by atoms with Gasteiger partial charge in [0.1, 0.15) is 5.69 Å². The van der Waals surface area contributed by atoms with E-state index in [1.165, 1.54) is 28.4 Å². The minimum atomic E-state index is -0.518. The predicted octanol–water partition coefficient (Wildman–Crippen LogP) is 3.22. The van der Waals surface area contributed by atoms with Crippen LogP contribution in [-0.4, -0.2) is 45.6 Å². The minimum Gasteiger partial charge on any atom is -0.493 e. The zero-order valence-corrected chi connectivity index (χ0v) is 15.3. The Morgan fingerprint density at radius 3 is 2.35 bits per heavy atom. The summed E-state index contributed by atoms with van der Waals surface area (Å²) in [6.07, 6.45) is 3.23. The van der Waals surface area contributed by atoms with Gasteiger partial charge in [0.2, 0.25) is 5.75 Å². The molecule has 0 unspecified atom stereocenters. The van der Waals surface area contributed by atoms with Crippen molar-refractivity contribution >= 4 is 12.2 Å². The highest BCUT2D eigenvalue weighted by atomic mass is 16.5. The fourth-order valence-electron chi connectivity index (χ4n) is 2.90. The van der Waals surface area contributed by atoms with Crippen LogP contribution in [0.1, 0.15) is 21.7 Å². The summed E-state index contributed by atoms with van der Waals surface area (Å²) in [6.45, 7) is 3.76. The molecule has 138 valence electrons. The van der Waals surface area contributed by atoms with Crippen LogP contribution in [0.3, 0.4) is 0 Å². The van der Waals surface area contributed by atoms with Crippen molar-refractivity contribution in [2.45, 2.75) is 6.42 Å². The molecule has 0 spiro atoms. The maximum Gasteiger partial charge on any atom is 0.354 e. The topological polar surface area (TPSA) is 93.6 Å². The zero-order valence-electron chi connectivity index (χ0n) is 15.3. The first kappa shape index (κ1) is 19.1. The van der Waals surface area contributed by atoms with Gasteiger partial charge in [-0.05, 0) is 24.1 Å². The number of rotatable bonds is 8. The number of hydrogen-bond acceptors (Lipinski definition) is 6. The van der Waals surface area contributed by atoms with E-state index >= 15 is 0 Å². The van der Waals surface area contributed by atoms with Gasteiger partial charge in [-0.2, -0.15) is 0 Å². The van der Waals surface area contributed by atoms with E-state index in [1.54, 1.807) is 18.2 Å². The van der Waals surface area contributed by atoms with Crippen molar-refractivity contribution < 1.29 is 23.7 Å². The summed E-state index contributed by atoms with van der Waals surface area (Å²) in [5.41, 5.74) is 2.70. The number of aromatic nitrogens is 1. The Bertz CT molecular complexity index is 839. The Labute approximate surface area is 152 Å². The van der Waals surface area contributed by atoms with Gasteiger partial charge in [0.15, 0.2) is 11.5 Å². The van der Waals surface area contributed by atoms with Gasteiger partial charge in [0, 0.05) is 17.3 Å². The highest BCUT2D eigenvalue weighted by Crippen LogP contribution is 2.46. The number of carbonyl (C=O) groups excluding carboxylic acids is 1. The molecule has 0 saturated heterocycles. The van der Waals surface area contributed by atoms with Crippen molar-refractivity contribution in [1.29, 1.82) is 5.41 Å². The summed E-state index contributed by atoms with van der Waals surface area (Å²) in [6, 6.07) is 3.54. The van der Waals surface area contributed by atoms with Crippen molar-refractivity contribution in [3.05, 3.63) is 41.7 Å². The van der Waals surface area contributed by atoms with Crippen molar-refractivity contribution in [3.8, 4) is 28.4 Å². The molecule has 0 aliphatic carbocycles. The number of methoxy groups -OCH3 is 4. The molecule has 0 aliphatic rings. The van der Waals surface area contributed by atoms with E-state index < -0.39 is 5.97 Å². The van der Waals surface area contributed by atoms with E-state index in [1.807, 2.05) is 0 Å². The lowest BCUT2D eigenvalue weighted by Gasteiger charge is -2.16. The average molecular weight is 358 g/mol. The van der Waals surface area contributed by atoms with Crippen molar-refractivity contribution in [1.82, 2.24) is 4.98 Å². The lowest BCUT2D eigenvalue weighted by atomic mass is 9.96. The number of nitrogens with one attached hydrogen (secondary N) is 2. The van der Waals surface area contributed by atoms with E-state index in [0.717, 1.165) is 6.21 Å². The Kier molecular flexibility index (Phi) is 6.06. The van der Waals surface area contributed by atoms with Crippen molar-refractivity contribution in [2.75, 3.05) is 28.4 Å². The molecule has 2 rings (SSSR count). The number of allylic oxidation sites excluding steroid dienone is 1. The zero-order chi connectivity index (χ0) is 19.3. The third kappa shape index (κ3) is 3.15. The molecular formula is C19H22N2O5. The highest BCUT2D eigenvalue weighted by molar-refractivity contribution is 5.99. The van der Waals surface area contributed by atoms with Gasteiger partial charge in [-0.15, -0.1) is 6.58 Å². The molecule has 1 heterocycles. The fourth-order valence-corrected chi connectivity index (χ4v) is 2.90. The summed E-state index contributed by atoms with van der Waals surface area (Å²) in [7, 11) is 5.88. The van der Waals surface area contributed by atoms with Crippen LogP contribution in [0.15, 0.2) is 24.8 Å². The lowest BCUT2D eigenvalue weighted by Crippen LogP contribution is -2.05. The van der Waals surface area contributed by atoms with Gasteiger partial charge in [-0.3, -0.25) is 0 Å². The van der Waals surface area contributed by atoms with Gasteiger partial charge < -0.3 is 29.3 Å². The third-order valence-corrected chi connectivity index (χ3v) is 3.99. The van der Waals surface area contributed by atoms with Crippen LogP contribution in [0.2, 0.25) is 0 Å². The van der Waals surface area contributed by atoms with Crippen LogP contribution in [-0.2, 0) is 11.2 Å². The number of ether oxygens (including phenoxy) is 4. The first-order chi connectivity index (χ1) is 12.6. The summed E-state index contributed by atoms with van der Waals surface area (Å²) < 4.78 is 21.2. The summed E-state index contributed by atoms with van der Waals surface area (Å²) in [5.74, 6) is 0.860. The smallest absolute Gasteiger partial charge is 0.354 e. The molecule has 1 aromatic heterocycles. The molecule has 26 heavy (non-hydrogen) atoms. The van der Waals surface area contributed by atoms with Crippen LogP contribution in [0.25, 0.3) is 11.1 Å². The van der Waals surface area contributed by atoms with E-state index in [9.17, 15) is 4.79 Å². The molecule has 0 saturated carbocycles. The largest absolute Gasteiger partial charge is 0.493 e. The number of H-pyrrole nitrogens is 1. The molecule has 7 nitrogen and oxygen atoms in total. The number of aromatic amines is 1. The number of esters is 1. The fraction of sp³-hybridized carbons (Fsp3) is 0.263. The standard InChI is InChI=1S/C19H22N2O5/c1-6-7-11-15(13(10-20)21-16(11)19(22)26-5)12-8-9-14(23-2)18(25-4)17(12)24-3/h6,8-10,20-21H,1,7H2,2-5H3. The van der Waals surface area contributed by atoms with E-state index in [0.29, 0.717) is 46.1 Å². The summed E-state index contributed by atoms with van der Waals surface area (Å²) >= 11 is 0. The van der Waals surface area contributed by atoms with Crippen molar-refractivity contribution in [3.63, 3.8) is 0 Å². The monoisotopic (exact) mass is 358 g/mol. The van der Waals surface area contributed by atoms with Gasteiger partial charge >= 0.3 is 5.97 Å². The van der Waals surface area contributed by atoms with E-state index in [2.05, 4.69) is 11.6 Å². The Hall–Kier alpha value is -3.22. The quantitative estimate of drug-likeness (QED) is 0.429. The van der Waals surface area contributed by atoms with Crippen LogP contribution >= 0.6 is 0 Å². The molecule has 0 amide bonds. The van der Waals surface area contributed by atoms with Gasteiger partial charge in [0.05, 0.1) is 34.1 Å². The molecule has 0 atom stereocenters. The van der Waals surface area contributed by atoms with E-state index in [4.69, 9.17) is 24.4 Å². The number of benzene rings is 1. The molecule has 0 radical (unpaired) electrons. The first-order valence-corrected chi connectivity index (χ1v) is 7.81. The van der Waals surface area contributed by atoms with Gasteiger partial charge in [-0.1, -0.05) is 6.08 Å². The second-order valence-electron chi connectivity index (χ2n) is 5.28. The maximum absolute atomic E-state index is 12.2. The third-order valence-electron chi connectivity index (χ3n) is 3.99. The van der Waals surface area contributed by atoms with Crippen LogP contribution in [0, 0.1) is 5.41 Å². The SMILES string of the molecule is C=CCc1c(C(=O)OC)[nH]c(C=N)c1-c1ccc(OC)c(OC)c1OC. The Morgan fingerprint density at radius 2 is 1.85 bits per heavy atom. The molecule has 2 aromatic rings. The molecule has 0 fully saturated rings. The molecule has 2 N–H and O–H groups in total. The second-order valence-corrected chi connectivity index (χ2v) is 5.28. The molecular weight excluding hydrogens is 336 g/mol. The summed E-state index contributed by atoms with van der Waals surface area (Å²) in [4.78, 5) is 15.1. The highest BCUT2D eigenvalue weighted by Gasteiger charge is 2.26. The van der Waals surface area contributed by atoms with Gasteiger partial charge in [0.25, 0.3) is 0 Å². The molecule has 7 heteroatoms. The number of carbonyl (C=O) groups is 1. The summed E-state index contributed by atoms with van der Waals surface area (Å²) in [5, 5.41) is 7.75. The van der Waals surface area contributed by atoms with E-state index in [-0.39, 0.29) is 5.69 Å². The molecule has 0 aliphatic heterocycles. The normalized spacial score (nSPS) is 10.2. The lowest BCUT2D eigenvalue weighted by molar-refractivity contribution is 0.0593. The minimum absolute atomic E-state index is 0.276. The van der Waals surface area contributed by atoms with Crippen LogP contribution in [0.5, 0.6) is 17.2 Å². The Balaban J connectivity index is 2.87. The maximum atomic E-state index is 12.2. The predicted molar refractivity (Wildman–Crippen MR) is 99.0 cm³/mol. The Morgan fingerprint density at radius 1 is 1.15 bits per heavy atom. The average Bonchev–Trinajstić information content (AvgIpc) is 3.04.